The minimum atomic E-state index is 0.0803. The summed E-state index contributed by atoms with van der Waals surface area (Å²) in [5, 5.41) is 0. The van der Waals surface area contributed by atoms with E-state index in [4.69, 9.17) is 9.47 Å². The number of hydrogen-bond acceptors (Lipinski definition) is 3. The Kier molecular flexibility index (Phi) is 4.15. The van der Waals surface area contributed by atoms with Crippen LogP contribution in [0.5, 0.6) is 5.75 Å². The zero-order valence-corrected chi connectivity index (χ0v) is 12.9. The van der Waals surface area contributed by atoms with E-state index < -0.39 is 0 Å². The highest BCUT2D eigenvalue weighted by molar-refractivity contribution is 5.97. The third-order valence-electron chi connectivity index (χ3n) is 4.60. The Morgan fingerprint density at radius 1 is 1.38 bits per heavy atom. The number of ether oxygens (including phenoxy) is 2. The Morgan fingerprint density at radius 3 is 2.86 bits per heavy atom. The molecule has 1 aromatic carbocycles. The molecule has 114 valence electrons. The SMILES string of the molecule is CC[C@H]1COCCN1C(=O)c1cc2c(cc1OC)CCC2. The largest absolute Gasteiger partial charge is 0.496 e. The lowest BCUT2D eigenvalue weighted by atomic mass is 10.0. The van der Waals surface area contributed by atoms with Gasteiger partial charge in [0, 0.05) is 6.54 Å². The van der Waals surface area contributed by atoms with Crippen molar-refractivity contribution in [3.63, 3.8) is 0 Å². The standard InChI is InChI=1S/C17H23NO3/c1-3-14-11-21-8-7-18(14)17(19)15-9-12-5-4-6-13(12)10-16(15)20-2/h9-10,14H,3-8,11H2,1-2H3/t14-/m0/s1. The number of fused-ring (bicyclic) bond motifs is 1. The molecule has 1 amide bonds. The Labute approximate surface area is 126 Å². The molecule has 0 N–H and O–H groups in total. The van der Waals surface area contributed by atoms with Crippen LogP contribution in [-0.4, -0.2) is 43.7 Å². The van der Waals surface area contributed by atoms with Gasteiger partial charge in [0.15, 0.2) is 0 Å². The number of hydrogen-bond donors (Lipinski definition) is 0. The van der Waals surface area contributed by atoms with E-state index in [1.807, 2.05) is 11.0 Å². The molecule has 21 heavy (non-hydrogen) atoms. The van der Waals surface area contributed by atoms with E-state index >= 15 is 0 Å². The topological polar surface area (TPSA) is 38.8 Å². The monoisotopic (exact) mass is 289 g/mol. The molecular formula is C17H23NO3. The van der Waals surface area contributed by atoms with Crippen molar-refractivity contribution >= 4 is 5.91 Å². The fourth-order valence-corrected chi connectivity index (χ4v) is 3.35. The van der Waals surface area contributed by atoms with Crippen LogP contribution in [0.2, 0.25) is 0 Å². The first-order valence-electron chi connectivity index (χ1n) is 7.83. The summed E-state index contributed by atoms with van der Waals surface area (Å²) >= 11 is 0. The number of nitrogens with zero attached hydrogens (tertiary/aromatic N) is 1. The molecule has 0 bridgehead atoms. The second-order valence-corrected chi connectivity index (χ2v) is 5.81. The maximum atomic E-state index is 12.9. The van der Waals surface area contributed by atoms with Gasteiger partial charge in [-0.15, -0.1) is 0 Å². The smallest absolute Gasteiger partial charge is 0.258 e. The minimum Gasteiger partial charge on any atom is -0.496 e. The number of aryl methyl sites for hydroxylation is 2. The summed E-state index contributed by atoms with van der Waals surface area (Å²) in [6, 6.07) is 4.27. The number of morpholine rings is 1. The van der Waals surface area contributed by atoms with Gasteiger partial charge in [0.2, 0.25) is 0 Å². The molecule has 1 fully saturated rings. The molecule has 1 aliphatic carbocycles. The summed E-state index contributed by atoms with van der Waals surface area (Å²) in [5.74, 6) is 0.790. The van der Waals surface area contributed by atoms with Crippen LogP contribution in [-0.2, 0) is 17.6 Å². The van der Waals surface area contributed by atoms with E-state index in [0.29, 0.717) is 31.1 Å². The zero-order valence-electron chi connectivity index (χ0n) is 12.9. The highest BCUT2D eigenvalue weighted by Crippen LogP contribution is 2.31. The molecule has 1 saturated heterocycles. The van der Waals surface area contributed by atoms with Gasteiger partial charge in [-0.05, 0) is 48.9 Å². The summed E-state index contributed by atoms with van der Waals surface area (Å²) in [6.45, 7) is 4.02. The molecule has 0 unspecified atom stereocenters. The summed E-state index contributed by atoms with van der Waals surface area (Å²) in [4.78, 5) is 14.9. The molecule has 0 aromatic heterocycles. The third kappa shape index (κ3) is 2.64. The van der Waals surface area contributed by atoms with Gasteiger partial charge in [0.25, 0.3) is 5.91 Å². The van der Waals surface area contributed by atoms with Crippen LogP contribution in [0.25, 0.3) is 0 Å². The fraction of sp³-hybridized carbons (Fsp3) is 0.588. The minimum absolute atomic E-state index is 0.0803. The van der Waals surface area contributed by atoms with Crippen LogP contribution >= 0.6 is 0 Å². The van der Waals surface area contributed by atoms with Crippen molar-refractivity contribution in [3.05, 3.63) is 28.8 Å². The average Bonchev–Trinajstić information content (AvgIpc) is 3.00. The van der Waals surface area contributed by atoms with Gasteiger partial charge in [-0.1, -0.05) is 6.92 Å². The van der Waals surface area contributed by atoms with Crippen LogP contribution < -0.4 is 4.74 Å². The lowest BCUT2D eigenvalue weighted by molar-refractivity contribution is -0.00294. The van der Waals surface area contributed by atoms with E-state index in [1.165, 1.54) is 17.5 Å². The first-order valence-corrected chi connectivity index (χ1v) is 7.83. The number of carbonyl (C=O) groups is 1. The van der Waals surface area contributed by atoms with Crippen molar-refractivity contribution in [1.82, 2.24) is 4.90 Å². The van der Waals surface area contributed by atoms with Crippen molar-refractivity contribution in [2.75, 3.05) is 26.9 Å². The average molecular weight is 289 g/mol. The van der Waals surface area contributed by atoms with Gasteiger partial charge in [-0.25, -0.2) is 0 Å². The van der Waals surface area contributed by atoms with E-state index in [1.54, 1.807) is 7.11 Å². The third-order valence-corrected chi connectivity index (χ3v) is 4.60. The normalized spacial score (nSPS) is 21.2. The lowest BCUT2D eigenvalue weighted by Crippen LogP contribution is -2.48. The molecule has 4 nitrogen and oxygen atoms in total. The van der Waals surface area contributed by atoms with Gasteiger partial charge >= 0.3 is 0 Å². The molecule has 4 heteroatoms. The van der Waals surface area contributed by atoms with Gasteiger partial charge in [-0.2, -0.15) is 0 Å². The van der Waals surface area contributed by atoms with Crippen molar-refractivity contribution in [3.8, 4) is 5.75 Å². The Hall–Kier alpha value is -1.55. The number of methoxy groups -OCH3 is 1. The van der Waals surface area contributed by atoms with Crippen LogP contribution in [0.4, 0.5) is 0 Å². The van der Waals surface area contributed by atoms with E-state index in [2.05, 4.69) is 13.0 Å². The summed E-state index contributed by atoms with van der Waals surface area (Å²) in [5.41, 5.74) is 3.34. The van der Waals surface area contributed by atoms with Crippen molar-refractivity contribution in [2.45, 2.75) is 38.6 Å². The van der Waals surface area contributed by atoms with Crippen molar-refractivity contribution in [1.29, 1.82) is 0 Å². The van der Waals surface area contributed by atoms with Crippen molar-refractivity contribution < 1.29 is 14.3 Å². The molecule has 1 atom stereocenters. The molecule has 1 aliphatic heterocycles. The van der Waals surface area contributed by atoms with E-state index in [-0.39, 0.29) is 11.9 Å². The Bertz CT molecular complexity index is 541. The molecule has 1 heterocycles. The molecular weight excluding hydrogens is 266 g/mol. The predicted octanol–water partition coefficient (Wildman–Crippen LogP) is 2.43. The Balaban J connectivity index is 1.93. The summed E-state index contributed by atoms with van der Waals surface area (Å²) < 4.78 is 11.0. The van der Waals surface area contributed by atoms with Crippen LogP contribution in [0.15, 0.2) is 12.1 Å². The second kappa shape index (κ2) is 6.06. The number of benzene rings is 1. The number of rotatable bonds is 3. The van der Waals surface area contributed by atoms with Gasteiger partial charge in [-0.3, -0.25) is 4.79 Å². The summed E-state index contributed by atoms with van der Waals surface area (Å²) in [6.07, 6.45) is 4.25. The maximum Gasteiger partial charge on any atom is 0.258 e. The lowest BCUT2D eigenvalue weighted by Gasteiger charge is -2.35. The first kappa shape index (κ1) is 14.4. The molecule has 3 rings (SSSR count). The second-order valence-electron chi connectivity index (χ2n) is 5.81. The fourth-order valence-electron chi connectivity index (χ4n) is 3.35. The van der Waals surface area contributed by atoms with Crippen molar-refractivity contribution in [2.24, 2.45) is 0 Å². The van der Waals surface area contributed by atoms with Crippen LogP contribution in [0, 0.1) is 0 Å². The summed E-state index contributed by atoms with van der Waals surface area (Å²) in [7, 11) is 1.64. The molecule has 2 aliphatic rings. The predicted molar refractivity (Wildman–Crippen MR) is 81.0 cm³/mol. The van der Waals surface area contributed by atoms with Gasteiger partial charge in [0.05, 0.1) is 31.9 Å². The first-order chi connectivity index (χ1) is 10.2. The van der Waals surface area contributed by atoms with Gasteiger partial charge in [0.1, 0.15) is 5.75 Å². The Morgan fingerprint density at radius 2 is 2.14 bits per heavy atom. The number of amides is 1. The van der Waals surface area contributed by atoms with Crippen LogP contribution in [0.3, 0.4) is 0 Å². The van der Waals surface area contributed by atoms with E-state index in [0.717, 1.165) is 19.3 Å². The molecule has 0 saturated carbocycles. The quantitative estimate of drug-likeness (QED) is 0.858. The number of carbonyl (C=O) groups excluding carboxylic acids is 1. The highest BCUT2D eigenvalue weighted by Gasteiger charge is 2.29. The van der Waals surface area contributed by atoms with Crippen LogP contribution in [0.1, 0.15) is 41.3 Å². The molecule has 0 spiro atoms. The molecule has 1 aromatic rings. The highest BCUT2D eigenvalue weighted by atomic mass is 16.5. The van der Waals surface area contributed by atoms with Gasteiger partial charge < -0.3 is 14.4 Å². The molecule has 0 radical (unpaired) electrons. The maximum absolute atomic E-state index is 12.9. The zero-order chi connectivity index (χ0) is 14.8. The van der Waals surface area contributed by atoms with E-state index in [9.17, 15) is 4.79 Å².